The summed E-state index contributed by atoms with van der Waals surface area (Å²) in [5.41, 5.74) is 2.23. The fraction of sp³-hybridized carbons (Fsp3) is 0.474. The minimum atomic E-state index is -0.266. The Labute approximate surface area is 142 Å². The second-order valence-electron chi connectivity index (χ2n) is 7.29. The van der Waals surface area contributed by atoms with Crippen molar-refractivity contribution in [2.24, 2.45) is 12.5 Å². The van der Waals surface area contributed by atoms with Gasteiger partial charge in [0.25, 0.3) is 0 Å². The monoisotopic (exact) mass is 324 g/mol. The maximum absolute atomic E-state index is 13.0. The van der Waals surface area contributed by atoms with Crippen molar-refractivity contribution < 1.29 is 4.79 Å². The van der Waals surface area contributed by atoms with E-state index < -0.39 is 0 Å². The molecule has 5 heteroatoms. The van der Waals surface area contributed by atoms with Crippen LogP contribution in [-0.4, -0.2) is 52.2 Å². The molecule has 1 aromatic heterocycles. The van der Waals surface area contributed by atoms with Crippen LogP contribution < -0.4 is 0 Å². The number of nitrogens with zero attached hydrogens (tertiary/aromatic N) is 4. The van der Waals surface area contributed by atoms with E-state index in [-0.39, 0.29) is 11.3 Å². The molecule has 5 nitrogen and oxygen atoms in total. The molecule has 1 aromatic carbocycles. The number of carbonyl (C=O) groups excluding carboxylic acids is 1. The van der Waals surface area contributed by atoms with Crippen LogP contribution in [0.25, 0.3) is 0 Å². The molecule has 0 aliphatic carbocycles. The largest absolute Gasteiger partial charge is 0.345 e. The first-order valence-electron chi connectivity index (χ1n) is 8.59. The fourth-order valence-corrected chi connectivity index (χ4v) is 4.47. The summed E-state index contributed by atoms with van der Waals surface area (Å²) in [5.74, 6) is 0.581. The van der Waals surface area contributed by atoms with Gasteiger partial charge in [-0.15, -0.1) is 0 Å². The van der Waals surface area contributed by atoms with Crippen molar-refractivity contribution in [2.75, 3.05) is 26.7 Å². The van der Waals surface area contributed by atoms with Crippen molar-refractivity contribution in [1.82, 2.24) is 19.6 Å². The third kappa shape index (κ3) is 2.44. The number of hydrogen-bond donors (Lipinski definition) is 0. The molecule has 0 unspecified atom stereocenters. The molecular formula is C19H24N4O. The van der Waals surface area contributed by atoms with E-state index >= 15 is 0 Å². The Morgan fingerprint density at radius 1 is 1.25 bits per heavy atom. The Hall–Kier alpha value is -2.14. The van der Waals surface area contributed by atoms with Crippen molar-refractivity contribution in [3.8, 4) is 0 Å². The van der Waals surface area contributed by atoms with Gasteiger partial charge in [-0.2, -0.15) is 5.10 Å². The minimum absolute atomic E-state index is 0.266. The van der Waals surface area contributed by atoms with Gasteiger partial charge < -0.3 is 4.90 Å². The summed E-state index contributed by atoms with van der Waals surface area (Å²) in [6, 6.07) is 10.5. The average molecular weight is 324 g/mol. The molecule has 0 radical (unpaired) electrons. The third-order valence-corrected chi connectivity index (χ3v) is 5.65. The van der Waals surface area contributed by atoms with Gasteiger partial charge in [-0.3, -0.25) is 14.4 Å². The maximum atomic E-state index is 13.0. The minimum Gasteiger partial charge on any atom is -0.345 e. The Morgan fingerprint density at radius 2 is 2.04 bits per heavy atom. The lowest BCUT2D eigenvalue weighted by Gasteiger charge is -2.28. The fourth-order valence-electron chi connectivity index (χ4n) is 4.47. The number of aromatic nitrogens is 2. The first kappa shape index (κ1) is 15.4. The van der Waals surface area contributed by atoms with Gasteiger partial charge in [0.2, 0.25) is 5.91 Å². The Kier molecular flexibility index (Phi) is 3.68. The molecule has 2 aliphatic rings. The second kappa shape index (κ2) is 5.74. The predicted octanol–water partition coefficient (Wildman–Crippen LogP) is 1.87. The molecule has 2 aromatic rings. The summed E-state index contributed by atoms with van der Waals surface area (Å²) in [7, 11) is 3.88. The molecule has 0 bridgehead atoms. The van der Waals surface area contributed by atoms with Crippen LogP contribution in [0.5, 0.6) is 0 Å². The van der Waals surface area contributed by atoms with Gasteiger partial charge in [0.05, 0.1) is 11.6 Å². The van der Waals surface area contributed by atoms with Gasteiger partial charge in [-0.1, -0.05) is 30.3 Å². The van der Waals surface area contributed by atoms with Crippen LogP contribution in [0.15, 0.2) is 42.7 Å². The van der Waals surface area contributed by atoms with Crippen LogP contribution in [0.2, 0.25) is 0 Å². The molecule has 2 aliphatic heterocycles. The second-order valence-corrected chi connectivity index (χ2v) is 7.29. The summed E-state index contributed by atoms with van der Waals surface area (Å²) in [6.07, 6.45) is 4.93. The van der Waals surface area contributed by atoms with Crippen molar-refractivity contribution in [1.29, 1.82) is 0 Å². The van der Waals surface area contributed by atoms with E-state index in [9.17, 15) is 4.79 Å². The summed E-state index contributed by atoms with van der Waals surface area (Å²) >= 11 is 0. The molecule has 0 N–H and O–H groups in total. The number of benzene rings is 1. The van der Waals surface area contributed by atoms with E-state index in [0.717, 1.165) is 32.6 Å². The highest BCUT2D eigenvalue weighted by molar-refractivity contribution is 5.86. The third-order valence-electron chi connectivity index (χ3n) is 5.65. The zero-order chi connectivity index (χ0) is 16.7. The van der Waals surface area contributed by atoms with Crippen molar-refractivity contribution in [2.45, 2.75) is 18.9 Å². The SMILES string of the molecule is CN1CC[C@]2(CN(Cc3cnn(C)c3)C[C@H]2c2ccccc2)C1=O. The maximum Gasteiger partial charge on any atom is 0.230 e. The molecule has 1 amide bonds. The summed E-state index contributed by atoms with van der Waals surface area (Å²) in [4.78, 5) is 17.3. The molecule has 2 saturated heterocycles. The number of likely N-dealkylation sites (tertiary alicyclic amines) is 2. The molecule has 1 spiro atoms. The highest BCUT2D eigenvalue weighted by Crippen LogP contribution is 2.49. The highest BCUT2D eigenvalue weighted by Gasteiger charge is 2.56. The standard InChI is InChI=1S/C19H24N4O/c1-21-9-8-19(18(21)24)14-23(12-15-10-20-22(2)11-15)13-17(19)16-6-4-3-5-7-16/h3-7,10-11,17H,8-9,12-14H2,1-2H3/t17-,19+/m0/s1. The Bertz CT molecular complexity index is 741. The lowest BCUT2D eigenvalue weighted by atomic mass is 9.73. The smallest absolute Gasteiger partial charge is 0.230 e. The van der Waals surface area contributed by atoms with E-state index in [1.807, 2.05) is 35.9 Å². The topological polar surface area (TPSA) is 41.4 Å². The lowest BCUT2D eigenvalue weighted by Crippen LogP contribution is -2.38. The van der Waals surface area contributed by atoms with E-state index in [0.29, 0.717) is 5.91 Å². The molecule has 3 heterocycles. The van der Waals surface area contributed by atoms with E-state index in [4.69, 9.17) is 0 Å². The van der Waals surface area contributed by atoms with Crippen LogP contribution in [-0.2, 0) is 18.4 Å². The van der Waals surface area contributed by atoms with Crippen LogP contribution >= 0.6 is 0 Å². The molecule has 2 fully saturated rings. The van der Waals surface area contributed by atoms with Crippen LogP contribution in [0, 0.1) is 5.41 Å². The van der Waals surface area contributed by atoms with E-state index in [1.54, 1.807) is 0 Å². The number of amides is 1. The molecule has 2 atom stereocenters. The molecule has 4 rings (SSSR count). The first-order valence-corrected chi connectivity index (χ1v) is 8.59. The van der Waals surface area contributed by atoms with Gasteiger partial charge in [0.15, 0.2) is 0 Å². The highest BCUT2D eigenvalue weighted by atomic mass is 16.2. The predicted molar refractivity (Wildman–Crippen MR) is 92.4 cm³/mol. The van der Waals surface area contributed by atoms with Gasteiger partial charge >= 0.3 is 0 Å². The Balaban J connectivity index is 1.64. The van der Waals surface area contributed by atoms with Gasteiger partial charge in [0.1, 0.15) is 0 Å². The molecule has 24 heavy (non-hydrogen) atoms. The summed E-state index contributed by atoms with van der Waals surface area (Å²) in [5, 5.41) is 4.27. The number of hydrogen-bond acceptors (Lipinski definition) is 3. The van der Waals surface area contributed by atoms with Crippen LogP contribution in [0.1, 0.15) is 23.5 Å². The van der Waals surface area contributed by atoms with E-state index in [1.165, 1.54) is 11.1 Å². The van der Waals surface area contributed by atoms with Crippen molar-refractivity contribution >= 4 is 5.91 Å². The first-order chi connectivity index (χ1) is 11.6. The van der Waals surface area contributed by atoms with Gasteiger partial charge in [0, 0.05) is 58.0 Å². The number of carbonyl (C=O) groups is 1. The summed E-state index contributed by atoms with van der Waals surface area (Å²) < 4.78 is 1.84. The normalized spacial score (nSPS) is 27.5. The molecular weight excluding hydrogens is 300 g/mol. The molecule has 126 valence electrons. The van der Waals surface area contributed by atoms with Crippen LogP contribution in [0.3, 0.4) is 0 Å². The quantitative estimate of drug-likeness (QED) is 0.865. The number of aryl methyl sites for hydroxylation is 1. The Morgan fingerprint density at radius 3 is 2.67 bits per heavy atom. The van der Waals surface area contributed by atoms with Crippen molar-refractivity contribution in [3.63, 3.8) is 0 Å². The zero-order valence-electron chi connectivity index (χ0n) is 14.4. The molecule has 0 saturated carbocycles. The average Bonchev–Trinajstić information content (AvgIpc) is 3.24. The number of rotatable bonds is 3. The van der Waals surface area contributed by atoms with Gasteiger partial charge in [-0.05, 0) is 12.0 Å². The van der Waals surface area contributed by atoms with Crippen LogP contribution in [0.4, 0.5) is 0 Å². The zero-order valence-corrected chi connectivity index (χ0v) is 14.4. The van der Waals surface area contributed by atoms with E-state index in [2.05, 4.69) is 40.5 Å². The lowest BCUT2D eigenvalue weighted by molar-refractivity contribution is -0.135. The summed E-state index contributed by atoms with van der Waals surface area (Å²) in [6.45, 7) is 3.49. The van der Waals surface area contributed by atoms with Gasteiger partial charge in [-0.25, -0.2) is 0 Å². The van der Waals surface area contributed by atoms with Crippen molar-refractivity contribution in [3.05, 3.63) is 53.9 Å².